The minimum absolute atomic E-state index is 0.0207. The van der Waals surface area contributed by atoms with Crippen molar-refractivity contribution < 1.29 is 27.8 Å². The predicted octanol–water partition coefficient (Wildman–Crippen LogP) is 3.73. The average molecular weight is 430 g/mol. The van der Waals surface area contributed by atoms with E-state index in [1.807, 2.05) is 18.2 Å². The van der Waals surface area contributed by atoms with Gasteiger partial charge in [-0.05, 0) is 48.7 Å². The molecule has 2 aromatic carbocycles. The minimum Gasteiger partial charge on any atom is -0.493 e. The van der Waals surface area contributed by atoms with E-state index in [9.17, 15) is 18.4 Å². The van der Waals surface area contributed by atoms with E-state index in [1.54, 1.807) is 29.2 Å². The van der Waals surface area contributed by atoms with Gasteiger partial charge in [0.1, 0.15) is 0 Å². The van der Waals surface area contributed by atoms with Gasteiger partial charge in [-0.25, -0.2) is 0 Å². The highest BCUT2D eigenvalue weighted by atomic mass is 19.3. The van der Waals surface area contributed by atoms with Crippen molar-refractivity contribution >= 4 is 17.9 Å². The van der Waals surface area contributed by atoms with Crippen LogP contribution in [0.15, 0.2) is 54.6 Å². The molecule has 1 N–H and O–H groups in total. The number of carbonyl (C=O) groups is 2. The number of likely N-dealkylation sites (tertiary alicyclic amines) is 1. The molecular weight excluding hydrogens is 406 g/mol. The van der Waals surface area contributed by atoms with Crippen molar-refractivity contribution in [2.45, 2.75) is 25.5 Å². The van der Waals surface area contributed by atoms with Crippen molar-refractivity contribution in [1.29, 1.82) is 0 Å². The zero-order valence-electron chi connectivity index (χ0n) is 17.1. The molecule has 0 bridgehead atoms. The third kappa shape index (κ3) is 6.28. The molecule has 1 fully saturated rings. The van der Waals surface area contributed by atoms with Gasteiger partial charge < -0.3 is 19.7 Å². The number of benzene rings is 2. The summed E-state index contributed by atoms with van der Waals surface area (Å²) in [5, 5.41) is 3.01. The Balaban J connectivity index is 1.51. The largest absolute Gasteiger partial charge is 0.493 e. The number of rotatable bonds is 7. The molecule has 1 heterocycles. The van der Waals surface area contributed by atoms with Gasteiger partial charge in [0.25, 0.3) is 5.91 Å². The average Bonchev–Trinajstić information content (AvgIpc) is 2.79. The Kier molecular flexibility index (Phi) is 7.59. The lowest BCUT2D eigenvalue weighted by molar-refractivity contribution is -0.127. The Hall–Kier alpha value is -3.42. The SMILES string of the molecule is COc1cc(/C=C/C(=O)N2CCC(NC(=O)c3ccccc3)CC2)ccc1OC(F)F. The number of piperidine rings is 1. The van der Waals surface area contributed by atoms with Crippen LogP contribution in [0.4, 0.5) is 8.78 Å². The van der Waals surface area contributed by atoms with Crippen LogP contribution in [0.1, 0.15) is 28.8 Å². The second-order valence-corrected chi connectivity index (χ2v) is 7.06. The lowest BCUT2D eigenvalue weighted by atomic mass is 10.0. The molecule has 31 heavy (non-hydrogen) atoms. The number of hydrogen-bond acceptors (Lipinski definition) is 4. The van der Waals surface area contributed by atoms with Crippen LogP contribution >= 0.6 is 0 Å². The van der Waals surface area contributed by atoms with Crippen LogP contribution in [0.3, 0.4) is 0 Å². The molecule has 2 amide bonds. The van der Waals surface area contributed by atoms with Crippen LogP contribution in [0.25, 0.3) is 6.08 Å². The molecule has 1 aliphatic rings. The summed E-state index contributed by atoms with van der Waals surface area (Å²) in [5.41, 5.74) is 1.24. The van der Waals surface area contributed by atoms with Crippen LogP contribution in [0.2, 0.25) is 0 Å². The summed E-state index contributed by atoms with van der Waals surface area (Å²) in [4.78, 5) is 26.5. The summed E-state index contributed by atoms with van der Waals surface area (Å²) in [7, 11) is 1.35. The third-order valence-corrected chi connectivity index (χ3v) is 5.00. The Morgan fingerprint density at radius 1 is 1.10 bits per heavy atom. The molecule has 2 aromatic rings. The first kappa shape index (κ1) is 22.3. The zero-order valence-corrected chi connectivity index (χ0v) is 17.1. The summed E-state index contributed by atoms with van der Waals surface area (Å²) in [6.07, 6.45) is 4.38. The van der Waals surface area contributed by atoms with Gasteiger partial charge in [0.2, 0.25) is 5.91 Å². The quantitative estimate of drug-likeness (QED) is 0.680. The minimum atomic E-state index is -2.95. The number of amides is 2. The monoisotopic (exact) mass is 430 g/mol. The van der Waals surface area contributed by atoms with E-state index in [-0.39, 0.29) is 29.4 Å². The van der Waals surface area contributed by atoms with Crippen molar-refractivity contribution in [1.82, 2.24) is 10.2 Å². The van der Waals surface area contributed by atoms with E-state index >= 15 is 0 Å². The van der Waals surface area contributed by atoms with Crippen LogP contribution in [0.5, 0.6) is 11.5 Å². The first-order valence-electron chi connectivity index (χ1n) is 9.92. The lowest BCUT2D eigenvalue weighted by Gasteiger charge is -2.31. The van der Waals surface area contributed by atoms with E-state index in [0.717, 1.165) is 0 Å². The third-order valence-electron chi connectivity index (χ3n) is 5.00. The number of alkyl halides is 2. The summed E-state index contributed by atoms with van der Waals surface area (Å²) in [6.45, 7) is -1.88. The molecule has 0 atom stereocenters. The molecule has 1 saturated heterocycles. The first-order valence-corrected chi connectivity index (χ1v) is 9.92. The van der Waals surface area contributed by atoms with Gasteiger partial charge in [-0.1, -0.05) is 24.3 Å². The van der Waals surface area contributed by atoms with E-state index in [4.69, 9.17) is 4.74 Å². The zero-order chi connectivity index (χ0) is 22.2. The molecule has 0 spiro atoms. The Labute approximate surface area is 179 Å². The Bertz CT molecular complexity index is 926. The normalized spacial score (nSPS) is 14.6. The van der Waals surface area contributed by atoms with E-state index in [2.05, 4.69) is 10.1 Å². The molecule has 3 rings (SSSR count). The molecule has 0 aromatic heterocycles. The molecule has 6 nitrogen and oxygen atoms in total. The maximum Gasteiger partial charge on any atom is 0.387 e. The van der Waals surface area contributed by atoms with Gasteiger partial charge >= 0.3 is 6.61 Å². The molecule has 164 valence electrons. The van der Waals surface area contributed by atoms with Crippen molar-refractivity contribution in [2.24, 2.45) is 0 Å². The van der Waals surface area contributed by atoms with Crippen molar-refractivity contribution in [2.75, 3.05) is 20.2 Å². The number of nitrogens with one attached hydrogen (secondary N) is 1. The molecule has 0 unspecified atom stereocenters. The van der Waals surface area contributed by atoms with E-state index < -0.39 is 6.61 Å². The van der Waals surface area contributed by atoms with Crippen LogP contribution < -0.4 is 14.8 Å². The predicted molar refractivity (Wildman–Crippen MR) is 112 cm³/mol. The van der Waals surface area contributed by atoms with Crippen molar-refractivity contribution in [3.8, 4) is 11.5 Å². The number of ether oxygens (including phenoxy) is 2. The summed E-state index contributed by atoms with van der Waals surface area (Å²) in [5.74, 6) is -0.177. The second kappa shape index (κ2) is 10.6. The highest BCUT2D eigenvalue weighted by molar-refractivity contribution is 5.94. The standard InChI is InChI=1S/C23H24F2N2O4/c1-30-20-15-16(7-9-19(20)31-23(24)25)8-10-21(28)27-13-11-18(12-14-27)26-22(29)17-5-3-2-4-6-17/h2-10,15,18,23H,11-14H2,1H3,(H,26,29)/b10-8+. The fraction of sp³-hybridized carbons (Fsp3) is 0.304. The topological polar surface area (TPSA) is 67.9 Å². The maximum absolute atomic E-state index is 12.5. The summed E-state index contributed by atoms with van der Waals surface area (Å²) >= 11 is 0. The Morgan fingerprint density at radius 3 is 2.45 bits per heavy atom. The van der Waals surface area contributed by atoms with Crippen molar-refractivity contribution in [3.05, 3.63) is 65.7 Å². The molecule has 8 heteroatoms. The summed E-state index contributed by atoms with van der Waals surface area (Å²) in [6, 6.07) is 13.5. The van der Waals surface area contributed by atoms with Crippen LogP contribution in [-0.2, 0) is 4.79 Å². The lowest BCUT2D eigenvalue weighted by Crippen LogP contribution is -2.46. The van der Waals surface area contributed by atoms with E-state index in [1.165, 1.54) is 25.3 Å². The van der Waals surface area contributed by atoms with Crippen molar-refractivity contribution in [3.63, 3.8) is 0 Å². The highest BCUT2D eigenvalue weighted by Crippen LogP contribution is 2.29. The Morgan fingerprint density at radius 2 is 1.81 bits per heavy atom. The smallest absolute Gasteiger partial charge is 0.387 e. The number of carbonyl (C=O) groups excluding carboxylic acids is 2. The molecule has 0 saturated carbocycles. The van der Waals surface area contributed by atoms with Gasteiger partial charge in [-0.2, -0.15) is 8.78 Å². The number of hydrogen-bond donors (Lipinski definition) is 1. The van der Waals surface area contributed by atoms with Gasteiger partial charge in [0, 0.05) is 30.8 Å². The van der Waals surface area contributed by atoms with Gasteiger partial charge in [0.05, 0.1) is 7.11 Å². The number of methoxy groups -OCH3 is 1. The molecule has 0 aliphatic carbocycles. The molecular formula is C23H24F2N2O4. The van der Waals surface area contributed by atoms with Gasteiger partial charge in [0.15, 0.2) is 11.5 Å². The molecule has 1 aliphatic heterocycles. The molecule has 0 radical (unpaired) electrons. The fourth-order valence-corrected chi connectivity index (χ4v) is 3.36. The fourth-order valence-electron chi connectivity index (χ4n) is 3.36. The highest BCUT2D eigenvalue weighted by Gasteiger charge is 2.23. The van der Waals surface area contributed by atoms with Crippen LogP contribution in [0, 0.1) is 0 Å². The number of halogens is 2. The van der Waals surface area contributed by atoms with Gasteiger partial charge in [-0.15, -0.1) is 0 Å². The first-order chi connectivity index (χ1) is 15.0. The summed E-state index contributed by atoms with van der Waals surface area (Å²) < 4.78 is 34.3. The van der Waals surface area contributed by atoms with Gasteiger partial charge in [-0.3, -0.25) is 9.59 Å². The maximum atomic E-state index is 12.5. The second-order valence-electron chi connectivity index (χ2n) is 7.06. The number of nitrogens with zero attached hydrogens (tertiary/aromatic N) is 1. The van der Waals surface area contributed by atoms with E-state index in [0.29, 0.717) is 37.1 Å². The van der Waals surface area contributed by atoms with Crippen LogP contribution in [-0.4, -0.2) is 49.6 Å².